The van der Waals surface area contributed by atoms with Crippen LogP contribution in [0.4, 0.5) is 5.13 Å². The minimum Gasteiger partial charge on any atom is -0.365 e. The monoisotopic (exact) mass is 275 g/mol. The molecule has 90 valence electrons. The number of nitrogens with zero attached hydrogens (tertiary/aromatic N) is 2. The fourth-order valence-electron chi connectivity index (χ4n) is 1.85. The minimum absolute atomic E-state index is 0.722. The molecule has 0 aliphatic rings. The van der Waals surface area contributed by atoms with Gasteiger partial charge < -0.3 is 5.32 Å². The van der Waals surface area contributed by atoms with E-state index in [2.05, 4.69) is 15.3 Å². The maximum absolute atomic E-state index is 6.18. The maximum Gasteiger partial charge on any atom is 0.182 e. The predicted octanol–water partition coefficient (Wildman–Crippen LogP) is 4.05. The van der Waals surface area contributed by atoms with Crippen molar-refractivity contribution in [2.75, 3.05) is 12.4 Å². The molecule has 0 saturated heterocycles. The van der Waals surface area contributed by atoms with Crippen molar-refractivity contribution in [2.45, 2.75) is 0 Å². The van der Waals surface area contributed by atoms with Gasteiger partial charge >= 0.3 is 0 Å². The van der Waals surface area contributed by atoms with E-state index in [1.54, 1.807) is 17.5 Å². The summed E-state index contributed by atoms with van der Waals surface area (Å²) in [4.78, 5) is 9.80. The van der Waals surface area contributed by atoms with Crippen LogP contribution in [0.15, 0.2) is 36.7 Å². The minimum atomic E-state index is 0.722. The fraction of sp³-hybridized carbons (Fsp3) is 0.0769. The second kappa shape index (κ2) is 4.55. The zero-order chi connectivity index (χ0) is 12.5. The molecule has 0 bridgehead atoms. The summed E-state index contributed by atoms with van der Waals surface area (Å²) in [6.07, 6.45) is 3.63. The first-order chi connectivity index (χ1) is 8.79. The molecule has 0 radical (unpaired) electrons. The van der Waals surface area contributed by atoms with Crippen molar-refractivity contribution in [1.82, 2.24) is 9.97 Å². The maximum atomic E-state index is 6.18. The van der Waals surface area contributed by atoms with Gasteiger partial charge in [0.25, 0.3) is 0 Å². The average Bonchev–Trinajstić information content (AvgIpc) is 2.88. The molecular formula is C13H10ClN3S. The molecule has 18 heavy (non-hydrogen) atoms. The summed E-state index contributed by atoms with van der Waals surface area (Å²) < 4.78 is 0. The molecule has 2 aromatic heterocycles. The van der Waals surface area contributed by atoms with Crippen LogP contribution < -0.4 is 5.32 Å². The highest BCUT2D eigenvalue weighted by Gasteiger charge is 2.10. The van der Waals surface area contributed by atoms with E-state index in [1.807, 2.05) is 37.5 Å². The Balaban J connectivity index is 2.26. The molecule has 1 N–H and O–H groups in total. The molecule has 0 amide bonds. The van der Waals surface area contributed by atoms with E-state index in [0.717, 1.165) is 31.5 Å². The Morgan fingerprint density at radius 1 is 1.22 bits per heavy atom. The lowest BCUT2D eigenvalue weighted by molar-refractivity contribution is 1.36. The first-order valence-electron chi connectivity index (χ1n) is 5.47. The normalized spacial score (nSPS) is 10.8. The van der Waals surface area contributed by atoms with Gasteiger partial charge in [-0.2, -0.15) is 0 Å². The number of hydrogen-bond donors (Lipinski definition) is 1. The molecule has 0 fully saturated rings. The number of rotatable bonds is 2. The molecule has 0 aliphatic heterocycles. The average molecular weight is 276 g/mol. The number of pyridine rings is 1. The van der Waals surface area contributed by atoms with Crippen molar-refractivity contribution in [3.05, 3.63) is 41.7 Å². The Labute approximate surface area is 113 Å². The molecular weight excluding hydrogens is 266 g/mol. The highest BCUT2D eigenvalue weighted by molar-refractivity contribution is 7.19. The summed E-state index contributed by atoms with van der Waals surface area (Å²) in [5.41, 5.74) is 1.98. The standard InChI is InChI=1S/C13H10ClN3S/c1-15-13-17-7-11(18-13)9-4-5-10(14)8-3-2-6-16-12(8)9/h2-7H,1H3,(H,15,17). The molecule has 3 aromatic rings. The third-order valence-electron chi connectivity index (χ3n) is 2.70. The molecule has 2 heterocycles. The van der Waals surface area contributed by atoms with Crippen LogP contribution in [0, 0.1) is 0 Å². The number of aromatic nitrogens is 2. The summed E-state index contributed by atoms with van der Waals surface area (Å²) in [7, 11) is 1.86. The quantitative estimate of drug-likeness (QED) is 0.767. The molecule has 0 atom stereocenters. The number of anilines is 1. The van der Waals surface area contributed by atoms with E-state index in [9.17, 15) is 0 Å². The van der Waals surface area contributed by atoms with E-state index in [1.165, 1.54) is 0 Å². The van der Waals surface area contributed by atoms with Crippen LogP contribution in [0.3, 0.4) is 0 Å². The number of benzene rings is 1. The molecule has 0 spiro atoms. The van der Waals surface area contributed by atoms with Gasteiger partial charge in [-0.25, -0.2) is 4.98 Å². The molecule has 3 rings (SSSR count). The van der Waals surface area contributed by atoms with E-state index in [0.29, 0.717) is 0 Å². The predicted molar refractivity (Wildman–Crippen MR) is 77.4 cm³/mol. The summed E-state index contributed by atoms with van der Waals surface area (Å²) in [5, 5.41) is 5.62. The molecule has 3 nitrogen and oxygen atoms in total. The highest BCUT2D eigenvalue weighted by Crippen LogP contribution is 2.35. The van der Waals surface area contributed by atoms with Gasteiger partial charge in [0.1, 0.15) is 0 Å². The smallest absolute Gasteiger partial charge is 0.182 e. The van der Waals surface area contributed by atoms with Crippen molar-refractivity contribution in [1.29, 1.82) is 0 Å². The van der Waals surface area contributed by atoms with Gasteiger partial charge in [-0.3, -0.25) is 4.98 Å². The lowest BCUT2D eigenvalue weighted by Gasteiger charge is -2.04. The van der Waals surface area contributed by atoms with Crippen LogP contribution >= 0.6 is 22.9 Å². The van der Waals surface area contributed by atoms with Gasteiger partial charge in [-0.15, -0.1) is 0 Å². The molecule has 0 aliphatic carbocycles. The van der Waals surface area contributed by atoms with Gasteiger partial charge in [-0.1, -0.05) is 22.9 Å². The Kier molecular flexibility index (Phi) is 2.89. The number of nitrogens with one attached hydrogen (secondary N) is 1. The van der Waals surface area contributed by atoms with Gasteiger partial charge in [0.15, 0.2) is 5.13 Å². The van der Waals surface area contributed by atoms with Crippen LogP contribution in [-0.4, -0.2) is 17.0 Å². The number of halogens is 1. The van der Waals surface area contributed by atoms with Crippen LogP contribution in [0.1, 0.15) is 0 Å². The zero-order valence-corrected chi connectivity index (χ0v) is 11.2. The molecule has 0 unspecified atom stereocenters. The highest BCUT2D eigenvalue weighted by atomic mass is 35.5. The molecule has 0 saturated carbocycles. The molecule has 5 heteroatoms. The number of fused-ring (bicyclic) bond motifs is 1. The van der Waals surface area contributed by atoms with Crippen molar-refractivity contribution in [2.24, 2.45) is 0 Å². The number of hydrogen-bond acceptors (Lipinski definition) is 4. The number of thiazole rings is 1. The third-order valence-corrected chi connectivity index (χ3v) is 4.08. The zero-order valence-electron chi connectivity index (χ0n) is 9.64. The summed E-state index contributed by atoms with van der Waals surface area (Å²) in [6.45, 7) is 0. The first-order valence-corrected chi connectivity index (χ1v) is 6.66. The molecule has 1 aromatic carbocycles. The lowest BCUT2D eigenvalue weighted by Crippen LogP contribution is -1.83. The van der Waals surface area contributed by atoms with Crippen LogP contribution in [0.5, 0.6) is 0 Å². The van der Waals surface area contributed by atoms with Crippen LogP contribution in [-0.2, 0) is 0 Å². The van der Waals surface area contributed by atoms with Crippen molar-refractivity contribution < 1.29 is 0 Å². The van der Waals surface area contributed by atoms with E-state index in [-0.39, 0.29) is 0 Å². The second-order valence-electron chi connectivity index (χ2n) is 3.77. The third kappa shape index (κ3) is 1.83. The van der Waals surface area contributed by atoms with Crippen LogP contribution in [0.2, 0.25) is 5.02 Å². The Bertz CT molecular complexity index is 708. The second-order valence-corrected chi connectivity index (χ2v) is 5.21. The first kappa shape index (κ1) is 11.4. The van der Waals surface area contributed by atoms with Gasteiger partial charge in [0, 0.05) is 30.4 Å². The van der Waals surface area contributed by atoms with Crippen molar-refractivity contribution in [3.8, 4) is 10.4 Å². The van der Waals surface area contributed by atoms with Gasteiger partial charge in [0.2, 0.25) is 0 Å². The van der Waals surface area contributed by atoms with Gasteiger partial charge in [-0.05, 0) is 24.3 Å². The topological polar surface area (TPSA) is 37.8 Å². The van der Waals surface area contributed by atoms with E-state index >= 15 is 0 Å². The Hall–Kier alpha value is -1.65. The fourth-order valence-corrected chi connectivity index (χ4v) is 2.86. The lowest BCUT2D eigenvalue weighted by atomic mass is 10.1. The van der Waals surface area contributed by atoms with Gasteiger partial charge in [0.05, 0.1) is 15.4 Å². The Morgan fingerprint density at radius 3 is 2.89 bits per heavy atom. The van der Waals surface area contributed by atoms with E-state index < -0.39 is 0 Å². The summed E-state index contributed by atoms with van der Waals surface area (Å²) in [5.74, 6) is 0. The van der Waals surface area contributed by atoms with E-state index in [4.69, 9.17) is 11.6 Å². The summed E-state index contributed by atoms with van der Waals surface area (Å²) in [6, 6.07) is 7.77. The van der Waals surface area contributed by atoms with Crippen molar-refractivity contribution >= 4 is 39.0 Å². The summed E-state index contributed by atoms with van der Waals surface area (Å²) >= 11 is 7.79. The largest absolute Gasteiger partial charge is 0.365 e. The van der Waals surface area contributed by atoms with Crippen molar-refractivity contribution in [3.63, 3.8) is 0 Å². The Morgan fingerprint density at radius 2 is 2.11 bits per heavy atom. The SMILES string of the molecule is CNc1ncc(-c2ccc(Cl)c3cccnc23)s1. The van der Waals surface area contributed by atoms with Crippen LogP contribution in [0.25, 0.3) is 21.3 Å².